The molecule has 1 aromatic carbocycles. The number of amides is 1. The lowest BCUT2D eigenvalue weighted by atomic mass is 10.1. The Balaban J connectivity index is 1.90. The van der Waals surface area contributed by atoms with E-state index in [0.29, 0.717) is 10.6 Å². The first kappa shape index (κ1) is 19.6. The lowest BCUT2D eigenvalue weighted by molar-refractivity contribution is -0.705. The third kappa shape index (κ3) is 4.37. The van der Waals surface area contributed by atoms with Gasteiger partial charge in [-0.25, -0.2) is 4.79 Å². The van der Waals surface area contributed by atoms with E-state index < -0.39 is 12.0 Å². The Labute approximate surface area is 167 Å². The fraction of sp³-hybridized carbons (Fsp3) is 0.190. The fourth-order valence-corrected chi connectivity index (χ4v) is 3.72. The predicted octanol–water partition coefficient (Wildman–Crippen LogP) is 3.78. The fourth-order valence-electron chi connectivity index (χ4n) is 2.66. The van der Waals surface area contributed by atoms with Crippen LogP contribution in [0.4, 0.5) is 5.00 Å². The Morgan fingerprint density at radius 2 is 1.96 bits per heavy atom. The molecule has 1 atom stereocenters. The molecule has 3 rings (SSSR count). The van der Waals surface area contributed by atoms with Crippen LogP contribution in [-0.2, 0) is 9.53 Å². The SMILES string of the molecule is CCOC(=O)c1cc(-c2ccccc2)sc1NC(=O)[C@H](C)[n+]1cccc(O)c1. The smallest absolute Gasteiger partial charge is 0.341 e. The standard InChI is InChI=1S/C21H20N2O4S/c1-3-27-21(26)17-12-18(15-8-5-4-6-9-15)28-20(17)22-19(25)14(2)23-11-7-10-16(24)13-23/h4-14H,3H2,1-2H3,(H-,22,24,25,26)/p+1/t14-/m0/s1. The highest BCUT2D eigenvalue weighted by atomic mass is 32.1. The van der Waals surface area contributed by atoms with Gasteiger partial charge in [0, 0.05) is 17.9 Å². The summed E-state index contributed by atoms with van der Waals surface area (Å²) in [4.78, 5) is 26.0. The highest BCUT2D eigenvalue weighted by molar-refractivity contribution is 7.20. The number of carbonyl (C=O) groups excluding carboxylic acids is 2. The van der Waals surface area contributed by atoms with Crippen LogP contribution in [0.25, 0.3) is 10.4 Å². The topological polar surface area (TPSA) is 79.5 Å². The number of nitrogens with one attached hydrogen (secondary N) is 1. The van der Waals surface area contributed by atoms with E-state index in [1.54, 1.807) is 36.7 Å². The average molecular weight is 397 g/mol. The molecule has 7 heteroatoms. The molecule has 0 spiro atoms. The van der Waals surface area contributed by atoms with Crippen LogP contribution < -0.4 is 9.88 Å². The van der Waals surface area contributed by atoms with Gasteiger partial charge in [-0.2, -0.15) is 4.57 Å². The molecule has 28 heavy (non-hydrogen) atoms. The van der Waals surface area contributed by atoms with Crippen LogP contribution in [-0.4, -0.2) is 23.6 Å². The van der Waals surface area contributed by atoms with E-state index in [9.17, 15) is 14.7 Å². The number of thiophene rings is 1. The number of pyridine rings is 1. The number of ether oxygens (including phenoxy) is 1. The maximum atomic E-state index is 12.7. The van der Waals surface area contributed by atoms with Gasteiger partial charge in [-0.3, -0.25) is 4.79 Å². The maximum Gasteiger partial charge on any atom is 0.341 e. The zero-order chi connectivity index (χ0) is 20.1. The number of benzene rings is 1. The second-order valence-electron chi connectivity index (χ2n) is 6.11. The van der Waals surface area contributed by atoms with Gasteiger partial charge in [0.05, 0.1) is 12.2 Å². The summed E-state index contributed by atoms with van der Waals surface area (Å²) in [6.45, 7) is 3.70. The van der Waals surface area contributed by atoms with E-state index in [-0.39, 0.29) is 18.3 Å². The summed E-state index contributed by atoms with van der Waals surface area (Å²) in [5.41, 5.74) is 1.28. The van der Waals surface area contributed by atoms with Crippen LogP contribution in [0.2, 0.25) is 0 Å². The molecule has 0 aliphatic heterocycles. The molecule has 2 heterocycles. The number of carbonyl (C=O) groups is 2. The third-order valence-electron chi connectivity index (χ3n) is 4.16. The number of anilines is 1. The molecule has 0 bridgehead atoms. The average Bonchev–Trinajstić information content (AvgIpc) is 3.12. The van der Waals surface area contributed by atoms with Crippen molar-refractivity contribution in [2.24, 2.45) is 0 Å². The van der Waals surface area contributed by atoms with E-state index in [2.05, 4.69) is 5.32 Å². The van der Waals surface area contributed by atoms with Crippen LogP contribution in [0.1, 0.15) is 30.2 Å². The third-order valence-corrected chi connectivity index (χ3v) is 5.26. The van der Waals surface area contributed by atoms with Gasteiger partial charge in [-0.05, 0) is 24.6 Å². The number of aromatic nitrogens is 1. The van der Waals surface area contributed by atoms with Crippen molar-refractivity contribution < 1.29 is 24.0 Å². The predicted molar refractivity (Wildman–Crippen MR) is 107 cm³/mol. The van der Waals surface area contributed by atoms with Gasteiger partial charge in [0.1, 0.15) is 5.00 Å². The highest BCUT2D eigenvalue weighted by Crippen LogP contribution is 2.36. The van der Waals surface area contributed by atoms with E-state index in [1.165, 1.54) is 23.6 Å². The number of esters is 1. The normalized spacial score (nSPS) is 11.6. The summed E-state index contributed by atoms with van der Waals surface area (Å²) < 4.78 is 6.74. The molecule has 3 aromatic rings. The Morgan fingerprint density at radius 1 is 1.21 bits per heavy atom. The van der Waals surface area contributed by atoms with Crippen LogP contribution in [0.3, 0.4) is 0 Å². The number of nitrogens with zero attached hydrogens (tertiary/aromatic N) is 1. The number of aromatic hydroxyl groups is 1. The summed E-state index contributed by atoms with van der Waals surface area (Å²) in [5, 5.41) is 12.9. The molecule has 6 nitrogen and oxygen atoms in total. The van der Waals surface area contributed by atoms with Crippen molar-refractivity contribution in [3.63, 3.8) is 0 Å². The van der Waals surface area contributed by atoms with Crippen molar-refractivity contribution in [2.75, 3.05) is 11.9 Å². The Hall–Kier alpha value is -3.19. The first-order chi connectivity index (χ1) is 13.5. The molecule has 144 valence electrons. The van der Waals surface area contributed by atoms with Gasteiger partial charge in [0.2, 0.25) is 12.2 Å². The number of hydrogen-bond donors (Lipinski definition) is 2. The molecule has 1 amide bonds. The lowest BCUT2D eigenvalue weighted by Gasteiger charge is -2.09. The molecular formula is C21H21N2O4S+. The first-order valence-corrected chi connectivity index (χ1v) is 9.68. The van der Waals surface area contributed by atoms with Gasteiger partial charge < -0.3 is 15.2 Å². The Kier molecular flexibility index (Phi) is 6.06. The summed E-state index contributed by atoms with van der Waals surface area (Å²) in [7, 11) is 0. The van der Waals surface area contributed by atoms with Crippen molar-refractivity contribution in [1.82, 2.24) is 0 Å². The molecular weight excluding hydrogens is 376 g/mol. The largest absolute Gasteiger partial charge is 0.503 e. The number of rotatable bonds is 6. The number of hydrogen-bond acceptors (Lipinski definition) is 5. The molecule has 0 saturated heterocycles. The zero-order valence-corrected chi connectivity index (χ0v) is 16.4. The lowest BCUT2D eigenvalue weighted by Crippen LogP contribution is -2.43. The van der Waals surface area contributed by atoms with E-state index in [0.717, 1.165) is 10.4 Å². The van der Waals surface area contributed by atoms with E-state index in [4.69, 9.17) is 4.74 Å². The van der Waals surface area contributed by atoms with Crippen LogP contribution in [0.5, 0.6) is 5.75 Å². The van der Waals surface area contributed by atoms with Gasteiger partial charge >= 0.3 is 5.97 Å². The Bertz CT molecular complexity index is 985. The van der Waals surface area contributed by atoms with Crippen molar-refractivity contribution >= 4 is 28.2 Å². The molecule has 0 fully saturated rings. The minimum Gasteiger partial charge on any atom is -0.503 e. The van der Waals surface area contributed by atoms with Gasteiger partial charge in [-0.1, -0.05) is 30.3 Å². The van der Waals surface area contributed by atoms with E-state index in [1.807, 2.05) is 30.3 Å². The quantitative estimate of drug-likeness (QED) is 0.490. The summed E-state index contributed by atoms with van der Waals surface area (Å²) in [5.74, 6) is -0.714. The van der Waals surface area contributed by atoms with Crippen molar-refractivity contribution in [2.45, 2.75) is 19.9 Å². The van der Waals surface area contributed by atoms with Gasteiger partial charge in [0.25, 0.3) is 5.91 Å². The summed E-state index contributed by atoms with van der Waals surface area (Å²) in [6.07, 6.45) is 3.17. The molecule has 0 saturated carbocycles. The summed E-state index contributed by atoms with van der Waals surface area (Å²) >= 11 is 1.32. The van der Waals surface area contributed by atoms with Crippen molar-refractivity contribution in [1.29, 1.82) is 0 Å². The second-order valence-corrected chi connectivity index (χ2v) is 7.17. The first-order valence-electron chi connectivity index (χ1n) is 8.86. The molecule has 0 aliphatic carbocycles. The minimum absolute atomic E-state index is 0.0665. The monoisotopic (exact) mass is 397 g/mol. The highest BCUT2D eigenvalue weighted by Gasteiger charge is 2.26. The van der Waals surface area contributed by atoms with Crippen LogP contribution in [0, 0.1) is 0 Å². The maximum absolute atomic E-state index is 12.7. The molecule has 2 aromatic heterocycles. The van der Waals surface area contributed by atoms with Crippen LogP contribution in [0.15, 0.2) is 60.9 Å². The molecule has 0 aliphatic rings. The zero-order valence-electron chi connectivity index (χ0n) is 15.6. The minimum atomic E-state index is -0.579. The van der Waals surface area contributed by atoms with Crippen molar-refractivity contribution in [3.05, 3.63) is 66.5 Å². The second kappa shape index (κ2) is 8.67. The Morgan fingerprint density at radius 3 is 2.64 bits per heavy atom. The molecule has 0 radical (unpaired) electrons. The van der Waals surface area contributed by atoms with Crippen molar-refractivity contribution in [3.8, 4) is 16.2 Å². The van der Waals surface area contributed by atoms with E-state index >= 15 is 0 Å². The molecule has 0 unspecified atom stereocenters. The van der Waals surface area contributed by atoms with Gasteiger partial charge in [0.15, 0.2) is 11.9 Å². The van der Waals surface area contributed by atoms with Gasteiger partial charge in [-0.15, -0.1) is 11.3 Å². The summed E-state index contributed by atoms with van der Waals surface area (Å²) in [6, 6.07) is 14.0. The van der Waals surface area contributed by atoms with Crippen LogP contribution >= 0.6 is 11.3 Å². The molecule has 2 N–H and O–H groups in total.